The van der Waals surface area contributed by atoms with Crippen molar-refractivity contribution in [3.63, 3.8) is 0 Å². The molecule has 33 heavy (non-hydrogen) atoms. The number of ether oxygens (including phenoxy) is 3. The third-order valence-electron chi connectivity index (χ3n) is 6.19. The van der Waals surface area contributed by atoms with Crippen molar-refractivity contribution in [2.45, 2.75) is 90.4 Å². The molecule has 0 aromatic heterocycles. The lowest BCUT2D eigenvalue weighted by Gasteiger charge is -2.36. The Morgan fingerprint density at radius 2 is 1.70 bits per heavy atom. The zero-order chi connectivity index (χ0) is 24.4. The van der Waals surface area contributed by atoms with Gasteiger partial charge in [-0.15, -0.1) is 0 Å². The van der Waals surface area contributed by atoms with Crippen molar-refractivity contribution in [2.24, 2.45) is 11.7 Å². The van der Waals surface area contributed by atoms with Gasteiger partial charge in [0.2, 0.25) is 5.91 Å². The molecule has 0 spiro atoms. The van der Waals surface area contributed by atoms with Gasteiger partial charge in [0.1, 0.15) is 12.1 Å². The molecule has 2 amide bonds. The number of amides is 2. The fourth-order valence-corrected chi connectivity index (χ4v) is 4.40. The van der Waals surface area contributed by atoms with Crippen LogP contribution in [0.2, 0.25) is 0 Å². The number of carbonyl (C=O) groups is 3. The molecule has 2 aliphatic rings. The van der Waals surface area contributed by atoms with Crippen LogP contribution in [0.15, 0.2) is 0 Å². The van der Waals surface area contributed by atoms with Gasteiger partial charge in [-0.2, -0.15) is 0 Å². The van der Waals surface area contributed by atoms with Gasteiger partial charge >= 0.3 is 12.1 Å². The molecule has 1 aliphatic heterocycles. The molecule has 190 valence electrons. The number of carbonyl (C=O) groups excluding carboxylic acids is 3. The van der Waals surface area contributed by atoms with Crippen LogP contribution in [0.5, 0.6) is 0 Å². The fraction of sp³-hybridized carbons (Fsp3) is 0.875. The van der Waals surface area contributed by atoms with Crippen molar-refractivity contribution in [3.8, 4) is 0 Å². The summed E-state index contributed by atoms with van der Waals surface area (Å²) >= 11 is 0. The molecule has 2 fully saturated rings. The van der Waals surface area contributed by atoms with Gasteiger partial charge in [-0.05, 0) is 59.3 Å². The number of esters is 1. The molecule has 2 rings (SSSR count). The Balaban J connectivity index is 1.77. The molecule has 0 unspecified atom stereocenters. The highest BCUT2D eigenvalue weighted by molar-refractivity contribution is 5.82. The molecular weight excluding hydrogens is 426 g/mol. The van der Waals surface area contributed by atoms with Gasteiger partial charge in [0.25, 0.3) is 0 Å². The quantitative estimate of drug-likeness (QED) is 0.517. The van der Waals surface area contributed by atoms with Crippen LogP contribution >= 0.6 is 0 Å². The maximum absolute atomic E-state index is 12.8. The molecule has 1 heterocycles. The van der Waals surface area contributed by atoms with Gasteiger partial charge in [-0.25, -0.2) is 4.79 Å². The summed E-state index contributed by atoms with van der Waals surface area (Å²) in [7, 11) is 0. The van der Waals surface area contributed by atoms with Crippen molar-refractivity contribution < 1.29 is 28.6 Å². The van der Waals surface area contributed by atoms with Crippen molar-refractivity contribution in [3.05, 3.63) is 0 Å². The van der Waals surface area contributed by atoms with Crippen LogP contribution in [-0.4, -0.2) is 84.9 Å². The Hall–Kier alpha value is -1.87. The highest BCUT2D eigenvalue weighted by Gasteiger charge is 2.32. The molecular formula is C24H43N3O6. The minimum atomic E-state index is -0.664. The van der Waals surface area contributed by atoms with E-state index in [0.717, 1.165) is 38.5 Å². The maximum Gasteiger partial charge on any atom is 0.410 e. The van der Waals surface area contributed by atoms with E-state index >= 15 is 0 Å². The monoisotopic (exact) mass is 469 g/mol. The topological polar surface area (TPSA) is 111 Å². The number of likely N-dealkylation sites (tertiary alicyclic amines) is 1. The summed E-state index contributed by atoms with van der Waals surface area (Å²) in [6, 6.07) is -0.395. The predicted molar refractivity (Wildman–Crippen MR) is 125 cm³/mol. The molecule has 1 saturated carbocycles. The Morgan fingerprint density at radius 3 is 2.27 bits per heavy atom. The zero-order valence-electron chi connectivity index (χ0n) is 20.8. The molecule has 1 aliphatic carbocycles. The van der Waals surface area contributed by atoms with Crippen LogP contribution in [0.1, 0.15) is 72.6 Å². The molecule has 0 radical (unpaired) electrons. The molecule has 1 saturated heterocycles. The zero-order valence-corrected chi connectivity index (χ0v) is 20.8. The summed E-state index contributed by atoms with van der Waals surface area (Å²) in [6.07, 6.45) is 6.56. The highest BCUT2D eigenvalue weighted by Crippen LogP contribution is 2.27. The van der Waals surface area contributed by atoms with Crippen molar-refractivity contribution >= 4 is 18.0 Å². The normalized spacial score (nSPS) is 19.1. The molecule has 0 aromatic rings. The van der Waals surface area contributed by atoms with Gasteiger partial charge in [-0.3, -0.25) is 14.5 Å². The lowest BCUT2D eigenvalue weighted by atomic mass is 9.83. The van der Waals surface area contributed by atoms with Crippen LogP contribution in [0.3, 0.4) is 0 Å². The molecule has 1 atom stereocenters. The van der Waals surface area contributed by atoms with Crippen molar-refractivity contribution in [2.75, 3.05) is 39.4 Å². The number of hydrogen-bond acceptors (Lipinski definition) is 7. The molecule has 0 bridgehead atoms. The number of nitrogens with two attached hydrogens (primary N) is 1. The van der Waals surface area contributed by atoms with Crippen LogP contribution in [0, 0.1) is 5.92 Å². The van der Waals surface area contributed by atoms with Crippen LogP contribution in [0.25, 0.3) is 0 Å². The van der Waals surface area contributed by atoms with E-state index in [2.05, 4.69) is 0 Å². The van der Waals surface area contributed by atoms with Gasteiger partial charge in [-0.1, -0.05) is 19.3 Å². The summed E-state index contributed by atoms with van der Waals surface area (Å²) in [5, 5.41) is 0. The van der Waals surface area contributed by atoms with Crippen molar-refractivity contribution in [1.82, 2.24) is 9.80 Å². The van der Waals surface area contributed by atoms with Gasteiger partial charge in [0.05, 0.1) is 25.4 Å². The lowest BCUT2D eigenvalue weighted by Crippen LogP contribution is -2.51. The molecule has 0 aromatic carbocycles. The fourth-order valence-electron chi connectivity index (χ4n) is 4.40. The molecule has 9 heteroatoms. The van der Waals surface area contributed by atoms with Crippen molar-refractivity contribution in [1.29, 1.82) is 0 Å². The average molecular weight is 470 g/mol. The van der Waals surface area contributed by atoms with E-state index in [1.807, 2.05) is 4.90 Å². The third kappa shape index (κ3) is 9.49. The summed E-state index contributed by atoms with van der Waals surface area (Å²) < 4.78 is 16.3. The third-order valence-corrected chi connectivity index (χ3v) is 6.19. The van der Waals surface area contributed by atoms with Gasteiger partial charge in [0, 0.05) is 19.6 Å². The first-order valence-electron chi connectivity index (χ1n) is 12.4. The lowest BCUT2D eigenvalue weighted by molar-refractivity contribution is -0.144. The smallest absolute Gasteiger partial charge is 0.410 e. The van der Waals surface area contributed by atoms with Crippen LogP contribution < -0.4 is 5.73 Å². The minimum absolute atomic E-state index is 0.00281. The molecule has 9 nitrogen and oxygen atoms in total. The minimum Gasteiger partial charge on any atom is -0.465 e. The van der Waals surface area contributed by atoms with E-state index in [4.69, 9.17) is 19.9 Å². The number of rotatable bonds is 9. The summed E-state index contributed by atoms with van der Waals surface area (Å²) in [4.78, 5) is 40.4. The van der Waals surface area contributed by atoms with E-state index in [9.17, 15) is 14.4 Å². The second-order valence-electron chi connectivity index (χ2n) is 10.0. The SMILES string of the molecule is CCOC(=O)CN(CCOC1CCN(C(=O)[C@H](N)C2CCCCC2)CC1)C(=O)OC(C)(C)C. The summed E-state index contributed by atoms with van der Waals surface area (Å²) in [5.41, 5.74) is 5.63. The Kier molecular flexibility index (Phi) is 10.9. The Bertz CT molecular complexity index is 637. The van der Waals surface area contributed by atoms with Gasteiger partial charge in [0.15, 0.2) is 0 Å². The second kappa shape index (κ2) is 13.1. The molecule has 2 N–H and O–H groups in total. The van der Waals surface area contributed by atoms with E-state index in [0.29, 0.717) is 19.0 Å². The first-order chi connectivity index (χ1) is 15.6. The van der Waals surface area contributed by atoms with Crippen LogP contribution in [-0.2, 0) is 23.8 Å². The predicted octanol–water partition coefficient (Wildman–Crippen LogP) is 2.70. The first kappa shape index (κ1) is 27.4. The highest BCUT2D eigenvalue weighted by atomic mass is 16.6. The van der Waals surface area contributed by atoms with E-state index < -0.39 is 23.7 Å². The van der Waals surface area contributed by atoms with Crippen LogP contribution in [0.4, 0.5) is 4.79 Å². The van der Waals surface area contributed by atoms with Gasteiger partial charge < -0.3 is 24.8 Å². The number of piperidine rings is 1. The first-order valence-corrected chi connectivity index (χ1v) is 12.4. The Labute approximate surface area is 198 Å². The summed E-state index contributed by atoms with van der Waals surface area (Å²) in [6.45, 7) is 8.87. The Morgan fingerprint density at radius 1 is 1.06 bits per heavy atom. The number of nitrogens with zero attached hydrogens (tertiary/aromatic N) is 2. The van der Waals surface area contributed by atoms with E-state index in [1.165, 1.54) is 11.3 Å². The standard InChI is InChI=1S/C24H43N3O6/c1-5-31-20(28)17-27(23(30)33-24(2,3)4)15-16-32-19-11-13-26(14-12-19)22(29)21(25)18-9-7-6-8-10-18/h18-19,21H,5-17,25H2,1-4H3/t21-/m1/s1. The van der Waals surface area contributed by atoms with E-state index in [-0.39, 0.29) is 38.3 Å². The average Bonchev–Trinajstić information content (AvgIpc) is 2.77. The van der Waals surface area contributed by atoms with E-state index in [1.54, 1.807) is 27.7 Å². The largest absolute Gasteiger partial charge is 0.465 e. The number of hydrogen-bond donors (Lipinski definition) is 1. The summed E-state index contributed by atoms with van der Waals surface area (Å²) in [5.74, 6) is -0.117. The second-order valence-corrected chi connectivity index (χ2v) is 10.0. The maximum atomic E-state index is 12.8.